The fourth-order valence-corrected chi connectivity index (χ4v) is 2.09. The summed E-state index contributed by atoms with van der Waals surface area (Å²) >= 11 is 0. The summed E-state index contributed by atoms with van der Waals surface area (Å²) < 4.78 is 29.6. The lowest BCUT2D eigenvalue weighted by Gasteiger charge is -2.07. The lowest BCUT2D eigenvalue weighted by molar-refractivity contribution is 0.509. The molecule has 102 valence electrons. The average Bonchev–Trinajstić information content (AvgIpc) is 2.81. The lowest BCUT2D eigenvalue weighted by atomic mass is 10.3. The van der Waals surface area contributed by atoms with E-state index in [1.54, 1.807) is 27.5 Å². The van der Waals surface area contributed by atoms with Crippen molar-refractivity contribution >= 4 is 11.0 Å². The Labute approximate surface area is 112 Å². The second-order valence-electron chi connectivity index (χ2n) is 4.43. The van der Waals surface area contributed by atoms with Crippen LogP contribution in [0.25, 0.3) is 11.0 Å². The van der Waals surface area contributed by atoms with Crippen LogP contribution in [0.1, 0.15) is 0 Å². The first kappa shape index (κ1) is 12.5. The van der Waals surface area contributed by atoms with Crippen LogP contribution in [0.3, 0.4) is 0 Å². The molecule has 0 saturated carbocycles. The molecule has 0 unspecified atom stereocenters. The van der Waals surface area contributed by atoms with Gasteiger partial charge in [-0.1, -0.05) is 6.07 Å². The van der Waals surface area contributed by atoms with Gasteiger partial charge in [-0.3, -0.25) is 4.79 Å². The molecule has 0 aliphatic heterocycles. The molecular formula is C14H11F2N3O. The molecule has 20 heavy (non-hydrogen) atoms. The van der Waals surface area contributed by atoms with Crippen molar-refractivity contribution < 1.29 is 8.78 Å². The van der Waals surface area contributed by atoms with Gasteiger partial charge in [0.1, 0.15) is 0 Å². The minimum absolute atomic E-state index is 0.103. The van der Waals surface area contributed by atoms with Crippen LogP contribution in [0.15, 0.2) is 47.7 Å². The zero-order valence-corrected chi connectivity index (χ0v) is 10.5. The minimum atomic E-state index is -0.915. The number of halogens is 2. The number of aromatic nitrogens is 3. The van der Waals surface area contributed by atoms with Crippen molar-refractivity contribution in [3.8, 4) is 0 Å². The molecule has 2 heterocycles. The molecule has 0 radical (unpaired) electrons. The van der Waals surface area contributed by atoms with Gasteiger partial charge in [-0.05, 0) is 6.07 Å². The molecule has 0 amide bonds. The third-order valence-corrected chi connectivity index (χ3v) is 3.14. The molecule has 0 N–H and O–H groups in total. The summed E-state index contributed by atoms with van der Waals surface area (Å²) in [5.74, 6) is -1.82. The first-order chi connectivity index (χ1) is 9.65. The molecule has 0 aliphatic carbocycles. The SMILES string of the molecule is O=c1ccccn1CCn1cnc2cc(F)c(F)cc21. The molecule has 0 spiro atoms. The number of imidazole rings is 1. The largest absolute Gasteiger partial charge is 0.329 e. The monoisotopic (exact) mass is 275 g/mol. The van der Waals surface area contributed by atoms with Gasteiger partial charge < -0.3 is 9.13 Å². The molecule has 2 aromatic heterocycles. The topological polar surface area (TPSA) is 39.8 Å². The maximum atomic E-state index is 13.3. The molecule has 3 rings (SSSR count). The Bertz CT molecular complexity index is 823. The summed E-state index contributed by atoms with van der Waals surface area (Å²) in [7, 11) is 0. The first-order valence-corrected chi connectivity index (χ1v) is 6.10. The van der Waals surface area contributed by atoms with Crippen molar-refractivity contribution in [3.63, 3.8) is 0 Å². The van der Waals surface area contributed by atoms with Crippen LogP contribution in [0, 0.1) is 11.6 Å². The van der Waals surface area contributed by atoms with Gasteiger partial charge in [0.2, 0.25) is 0 Å². The van der Waals surface area contributed by atoms with Crippen LogP contribution in [-0.4, -0.2) is 14.1 Å². The second kappa shape index (κ2) is 4.88. The average molecular weight is 275 g/mol. The van der Waals surface area contributed by atoms with Crippen molar-refractivity contribution in [2.75, 3.05) is 0 Å². The number of hydrogen-bond acceptors (Lipinski definition) is 2. The molecule has 3 aromatic rings. The van der Waals surface area contributed by atoms with Gasteiger partial charge in [0.15, 0.2) is 11.6 Å². The molecule has 6 heteroatoms. The zero-order valence-electron chi connectivity index (χ0n) is 10.5. The molecule has 1 aromatic carbocycles. The van der Waals surface area contributed by atoms with E-state index in [2.05, 4.69) is 4.98 Å². The van der Waals surface area contributed by atoms with E-state index in [1.165, 1.54) is 12.4 Å². The zero-order chi connectivity index (χ0) is 14.1. The molecule has 0 bridgehead atoms. The van der Waals surface area contributed by atoms with Crippen molar-refractivity contribution in [1.29, 1.82) is 0 Å². The van der Waals surface area contributed by atoms with E-state index in [1.807, 2.05) is 0 Å². The van der Waals surface area contributed by atoms with Gasteiger partial charge in [-0.15, -0.1) is 0 Å². The quantitative estimate of drug-likeness (QED) is 0.735. The third-order valence-electron chi connectivity index (χ3n) is 3.14. The number of rotatable bonds is 3. The van der Waals surface area contributed by atoms with E-state index in [4.69, 9.17) is 0 Å². The third kappa shape index (κ3) is 2.20. The second-order valence-corrected chi connectivity index (χ2v) is 4.43. The highest BCUT2D eigenvalue weighted by Gasteiger charge is 2.09. The molecular weight excluding hydrogens is 264 g/mol. The number of hydrogen-bond donors (Lipinski definition) is 0. The number of fused-ring (bicyclic) bond motifs is 1. The van der Waals surface area contributed by atoms with E-state index >= 15 is 0 Å². The van der Waals surface area contributed by atoms with Crippen molar-refractivity contribution in [3.05, 3.63) is 64.8 Å². The molecule has 0 fully saturated rings. The Balaban J connectivity index is 1.90. The van der Waals surface area contributed by atoms with Gasteiger partial charge in [0.05, 0.1) is 17.4 Å². The molecule has 0 atom stereocenters. The van der Waals surface area contributed by atoms with Crippen LogP contribution < -0.4 is 5.56 Å². The van der Waals surface area contributed by atoms with Crippen molar-refractivity contribution in [2.45, 2.75) is 13.1 Å². The predicted molar refractivity (Wildman–Crippen MR) is 70.4 cm³/mol. The van der Waals surface area contributed by atoms with E-state index in [0.717, 1.165) is 12.1 Å². The number of pyridine rings is 1. The smallest absolute Gasteiger partial charge is 0.250 e. The maximum absolute atomic E-state index is 13.3. The van der Waals surface area contributed by atoms with E-state index in [-0.39, 0.29) is 5.56 Å². The summed E-state index contributed by atoms with van der Waals surface area (Å²) in [6.07, 6.45) is 3.19. The van der Waals surface area contributed by atoms with Crippen LogP contribution >= 0.6 is 0 Å². The predicted octanol–water partition coefficient (Wildman–Crippen LogP) is 2.18. The first-order valence-electron chi connectivity index (χ1n) is 6.10. The van der Waals surface area contributed by atoms with Crippen LogP contribution in [-0.2, 0) is 13.1 Å². The molecule has 0 aliphatic rings. The van der Waals surface area contributed by atoms with Gasteiger partial charge in [0, 0.05) is 37.5 Å². The van der Waals surface area contributed by atoms with Crippen LogP contribution in [0.5, 0.6) is 0 Å². The lowest BCUT2D eigenvalue weighted by Crippen LogP contribution is -2.20. The standard InChI is InChI=1S/C14H11F2N3O/c15-10-7-12-13(8-11(10)16)19(9-17-12)6-5-18-4-2-1-3-14(18)20/h1-4,7-9H,5-6H2. The molecule has 0 saturated heterocycles. The Hall–Kier alpha value is -2.50. The van der Waals surface area contributed by atoms with Gasteiger partial charge >= 0.3 is 0 Å². The van der Waals surface area contributed by atoms with Crippen LogP contribution in [0.2, 0.25) is 0 Å². The fourth-order valence-electron chi connectivity index (χ4n) is 2.09. The van der Waals surface area contributed by atoms with Crippen molar-refractivity contribution in [2.24, 2.45) is 0 Å². The van der Waals surface area contributed by atoms with Gasteiger partial charge in [-0.2, -0.15) is 0 Å². The van der Waals surface area contributed by atoms with E-state index in [0.29, 0.717) is 24.1 Å². The van der Waals surface area contributed by atoms with Crippen LogP contribution in [0.4, 0.5) is 8.78 Å². The summed E-state index contributed by atoms with van der Waals surface area (Å²) in [5.41, 5.74) is 0.798. The normalized spacial score (nSPS) is 11.1. The highest BCUT2D eigenvalue weighted by atomic mass is 19.2. The summed E-state index contributed by atoms with van der Waals surface area (Å²) in [6.45, 7) is 0.885. The maximum Gasteiger partial charge on any atom is 0.250 e. The highest BCUT2D eigenvalue weighted by molar-refractivity contribution is 5.75. The van der Waals surface area contributed by atoms with Crippen molar-refractivity contribution in [1.82, 2.24) is 14.1 Å². The Morgan fingerprint density at radius 3 is 2.60 bits per heavy atom. The Morgan fingerprint density at radius 1 is 1.05 bits per heavy atom. The van der Waals surface area contributed by atoms with Gasteiger partial charge in [-0.25, -0.2) is 13.8 Å². The number of benzene rings is 1. The summed E-state index contributed by atoms with van der Waals surface area (Å²) in [5, 5.41) is 0. The fraction of sp³-hybridized carbons (Fsp3) is 0.143. The molecule has 4 nitrogen and oxygen atoms in total. The summed E-state index contributed by atoms with van der Waals surface area (Å²) in [4.78, 5) is 15.6. The summed E-state index contributed by atoms with van der Waals surface area (Å²) in [6, 6.07) is 7.09. The van der Waals surface area contributed by atoms with E-state index in [9.17, 15) is 13.6 Å². The Morgan fingerprint density at radius 2 is 1.80 bits per heavy atom. The number of nitrogens with zero attached hydrogens (tertiary/aromatic N) is 3. The van der Waals surface area contributed by atoms with Gasteiger partial charge in [0.25, 0.3) is 5.56 Å². The minimum Gasteiger partial charge on any atom is -0.329 e. The Kier molecular flexibility index (Phi) is 3.06. The number of aryl methyl sites for hydroxylation is 2. The van der Waals surface area contributed by atoms with E-state index < -0.39 is 11.6 Å². The highest BCUT2D eigenvalue weighted by Crippen LogP contribution is 2.17.